The minimum Gasteiger partial charge on any atom is -0.486 e. The van der Waals surface area contributed by atoms with Gasteiger partial charge in [-0.15, -0.1) is 0 Å². The van der Waals surface area contributed by atoms with Gasteiger partial charge in [-0.1, -0.05) is 31.5 Å². The topological polar surface area (TPSA) is 47.0 Å². The average Bonchev–Trinajstić information content (AvgIpc) is 2.54. The number of nitrogens with zero attached hydrogens (tertiary/aromatic N) is 2. The van der Waals surface area contributed by atoms with Crippen molar-refractivity contribution in [3.63, 3.8) is 0 Å². The van der Waals surface area contributed by atoms with Crippen LogP contribution in [0.5, 0.6) is 5.75 Å². The Hall–Kier alpha value is -1.94. The Kier molecular flexibility index (Phi) is 4.46. The van der Waals surface area contributed by atoms with E-state index in [1.165, 1.54) is 17.0 Å². The fraction of sp³-hybridized carbons (Fsp3) is 0.412. The average molecular weight is 283 g/mol. The van der Waals surface area contributed by atoms with Gasteiger partial charge in [-0.2, -0.15) is 0 Å². The summed E-state index contributed by atoms with van der Waals surface area (Å²) >= 11 is 0. The fourth-order valence-corrected chi connectivity index (χ4v) is 2.64. The molecule has 4 heteroatoms. The van der Waals surface area contributed by atoms with Gasteiger partial charge in [-0.25, -0.2) is 9.97 Å². The molecule has 1 aliphatic rings. The van der Waals surface area contributed by atoms with E-state index in [4.69, 9.17) is 14.7 Å². The number of hydrogen-bond acceptors (Lipinski definition) is 4. The minimum absolute atomic E-state index is 0.432. The molecule has 4 nitrogen and oxygen atoms in total. The van der Waals surface area contributed by atoms with Crippen molar-refractivity contribution in [2.75, 3.05) is 6.54 Å². The number of hydrogen-bond donors (Lipinski definition) is 1. The van der Waals surface area contributed by atoms with E-state index in [9.17, 15) is 0 Å². The van der Waals surface area contributed by atoms with Crippen molar-refractivity contribution in [3.8, 4) is 5.75 Å². The van der Waals surface area contributed by atoms with E-state index in [1.807, 2.05) is 30.3 Å². The zero-order valence-electron chi connectivity index (χ0n) is 12.4. The van der Waals surface area contributed by atoms with Gasteiger partial charge >= 0.3 is 0 Å². The van der Waals surface area contributed by atoms with Crippen molar-refractivity contribution in [1.29, 1.82) is 0 Å². The van der Waals surface area contributed by atoms with E-state index in [2.05, 4.69) is 12.2 Å². The van der Waals surface area contributed by atoms with E-state index in [1.54, 1.807) is 0 Å². The van der Waals surface area contributed by atoms with E-state index < -0.39 is 0 Å². The largest absolute Gasteiger partial charge is 0.486 e. The predicted octanol–water partition coefficient (Wildman–Crippen LogP) is 2.65. The lowest BCUT2D eigenvalue weighted by atomic mass is 10.0. The molecule has 0 radical (unpaired) electrons. The molecule has 1 aromatic heterocycles. The Balaban J connectivity index is 1.80. The molecule has 1 N–H and O–H groups in total. The first-order valence-corrected chi connectivity index (χ1v) is 7.63. The number of nitrogens with one attached hydrogen (secondary N) is 1. The van der Waals surface area contributed by atoms with E-state index in [0.29, 0.717) is 6.61 Å². The zero-order valence-corrected chi connectivity index (χ0v) is 12.4. The number of benzene rings is 1. The summed E-state index contributed by atoms with van der Waals surface area (Å²) < 4.78 is 5.78. The fourth-order valence-electron chi connectivity index (χ4n) is 2.64. The number of aromatic nitrogens is 2. The number of ether oxygens (including phenoxy) is 1. The Bertz CT molecular complexity index is 598. The number of rotatable bonds is 5. The zero-order chi connectivity index (χ0) is 14.5. The Morgan fingerprint density at radius 2 is 2.05 bits per heavy atom. The summed E-state index contributed by atoms with van der Waals surface area (Å²) in [5.74, 6) is 1.65. The van der Waals surface area contributed by atoms with Gasteiger partial charge in [0.1, 0.15) is 12.4 Å². The maximum atomic E-state index is 5.78. The smallest absolute Gasteiger partial charge is 0.166 e. The molecular formula is C17H21N3O. The lowest BCUT2D eigenvalue weighted by Crippen LogP contribution is -2.27. The number of fused-ring (bicyclic) bond motifs is 1. The van der Waals surface area contributed by atoms with Gasteiger partial charge in [-0.3, -0.25) is 0 Å². The summed E-state index contributed by atoms with van der Waals surface area (Å²) in [6.07, 6.45) is 3.08. The highest BCUT2D eigenvalue weighted by Gasteiger charge is 2.17. The van der Waals surface area contributed by atoms with Crippen LogP contribution >= 0.6 is 0 Å². The summed E-state index contributed by atoms with van der Waals surface area (Å²) in [6, 6.07) is 9.83. The molecule has 0 saturated carbocycles. The van der Waals surface area contributed by atoms with Gasteiger partial charge in [-0.05, 0) is 18.6 Å². The predicted molar refractivity (Wildman–Crippen MR) is 82.2 cm³/mol. The second kappa shape index (κ2) is 6.68. The standard InChI is InChI=1S/C17H21N3O/c1-2-6-15-14-11-18-10-9-16(14)20-17(19-15)12-21-13-7-4-3-5-8-13/h3-5,7-8,18H,2,6,9-12H2,1H3. The van der Waals surface area contributed by atoms with Crippen molar-refractivity contribution in [2.24, 2.45) is 0 Å². The van der Waals surface area contributed by atoms with Crippen LogP contribution in [0.4, 0.5) is 0 Å². The Morgan fingerprint density at radius 1 is 1.19 bits per heavy atom. The third kappa shape index (κ3) is 3.39. The molecule has 1 aliphatic heterocycles. The molecule has 2 aromatic rings. The van der Waals surface area contributed by atoms with Crippen LogP contribution in [0.25, 0.3) is 0 Å². The maximum Gasteiger partial charge on any atom is 0.166 e. The van der Waals surface area contributed by atoms with Gasteiger partial charge < -0.3 is 10.1 Å². The van der Waals surface area contributed by atoms with Crippen molar-refractivity contribution in [3.05, 3.63) is 53.1 Å². The molecule has 2 heterocycles. The van der Waals surface area contributed by atoms with Gasteiger partial charge in [0.15, 0.2) is 5.82 Å². The van der Waals surface area contributed by atoms with Crippen LogP contribution in [-0.2, 0) is 26.0 Å². The third-order valence-electron chi connectivity index (χ3n) is 3.66. The van der Waals surface area contributed by atoms with Crippen molar-refractivity contribution < 1.29 is 4.74 Å². The summed E-state index contributed by atoms with van der Waals surface area (Å²) in [4.78, 5) is 9.41. The monoisotopic (exact) mass is 283 g/mol. The van der Waals surface area contributed by atoms with Crippen molar-refractivity contribution >= 4 is 0 Å². The molecule has 0 amide bonds. The normalized spacial score (nSPS) is 13.8. The first-order valence-electron chi connectivity index (χ1n) is 7.63. The second-order valence-electron chi connectivity index (χ2n) is 5.29. The Labute approximate surface area is 125 Å². The van der Waals surface area contributed by atoms with Crippen LogP contribution in [0.15, 0.2) is 30.3 Å². The molecule has 0 fully saturated rings. The molecular weight excluding hydrogens is 262 g/mol. The van der Waals surface area contributed by atoms with Crippen LogP contribution in [0.1, 0.15) is 36.1 Å². The van der Waals surface area contributed by atoms with Gasteiger partial charge in [0, 0.05) is 30.8 Å². The molecule has 0 saturated heterocycles. The SMILES string of the molecule is CCCc1nc(COc2ccccc2)nc2c1CNCC2. The summed E-state index contributed by atoms with van der Waals surface area (Å²) in [5, 5.41) is 3.41. The number of para-hydroxylation sites is 1. The molecule has 0 atom stereocenters. The second-order valence-corrected chi connectivity index (χ2v) is 5.29. The van der Waals surface area contributed by atoms with Crippen LogP contribution < -0.4 is 10.1 Å². The first kappa shape index (κ1) is 14.0. The maximum absolute atomic E-state index is 5.78. The Morgan fingerprint density at radius 3 is 2.86 bits per heavy atom. The van der Waals surface area contributed by atoms with E-state index in [-0.39, 0.29) is 0 Å². The third-order valence-corrected chi connectivity index (χ3v) is 3.66. The van der Waals surface area contributed by atoms with Crippen LogP contribution in [0.3, 0.4) is 0 Å². The van der Waals surface area contributed by atoms with E-state index >= 15 is 0 Å². The van der Waals surface area contributed by atoms with Crippen LogP contribution in [0.2, 0.25) is 0 Å². The van der Waals surface area contributed by atoms with E-state index in [0.717, 1.165) is 43.9 Å². The highest BCUT2D eigenvalue weighted by atomic mass is 16.5. The highest BCUT2D eigenvalue weighted by molar-refractivity contribution is 5.29. The van der Waals surface area contributed by atoms with Gasteiger partial charge in [0.25, 0.3) is 0 Å². The summed E-state index contributed by atoms with van der Waals surface area (Å²) in [6.45, 7) is 4.51. The first-order chi connectivity index (χ1) is 10.4. The lowest BCUT2D eigenvalue weighted by Gasteiger charge is -2.20. The summed E-state index contributed by atoms with van der Waals surface area (Å²) in [7, 11) is 0. The molecule has 0 aliphatic carbocycles. The number of aryl methyl sites for hydroxylation is 1. The molecule has 0 spiro atoms. The van der Waals surface area contributed by atoms with Crippen molar-refractivity contribution in [2.45, 2.75) is 39.3 Å². The summed E-state index contributed by atoms with van der Waals surface area (Å²) in [5.41, 5.74) is 3.67. The van der Waals surface area contributed by atoms with Crippen molar-refractivity contribution in [1.82, 2.24) is 15.3 Å². The van der Waals surface area contributed by atoms with Gasteiger partial charge in [0.05, 0.1) is 5.69 Å². The molecule has 110 valence electrons. The van der Waals surface area contributed by atoms with Crippen LogP contribution in [0, 0.1) is 0 Å². The molecule has 3 rings (SSSR count). The lowest BCUT2D eigenvalue weighted by molar-refractivity contribution is 0.294. The molecule has 1 aromatic carbocycles. The quantitative estimate of drug-likeness (QED) is 0.916. The highest BCUT2D eigenvalue weighted by Crippen LogP contribution is 2.18. The minimum atomic E-state index is 0.432. The van der Waals surface area contributed by atoms with Gasteiger partial charge in [0.2, 0.25) is 0 Å². The molecule has 0 unspecified atom stereocenters. The van der Waals surface area contributed by atoms with Crippen LogP contribution in [-0.4, -0.2) is 16.5 Å². The molecule has 21 heavy (non-hydrogen) atoms. The molecule has 0 bridgehead atoms.